The van der Waals surface area contributed by atoms with Crippen LogP contribution >= 0.6 is 0 Å². The molecule has 0 aliphatic carbocycles. The van der Waals surface area contributed by atoms with Crippen molar-refractivity contribution in [3.05, 3.63) is 0 Å². The fourth-order valence-electron chi connectivity index (χ4n) is 0.820. The van der Waals surface area contributed by atoms with E-state index in [1.54, 1.807) is 0 Å². The van der Waals surface area contributed by atoms with Crippen LogP contribution in [0, 0.1) is 0 Å². The van der Waals surface area contributed by atoms with Gasteiger partial charge in [0.2, 0.25) is 5.91 Å². The standard InChI is InChI=1S/C8H18N2O2/c1-3-12-7(2)6-10-8(11)4-5-9/h7H,3-6,9H2,1-2H3,(H,10,11). The van der Waals surface area contributed by atoms with Gasteiger partial charge in [-0.2, -0.15) is 0 Å². The van der Waals surface area contributed by atoms with Crippen LogP contribution in [0.4, 0.5) is 0 Å². The van der Waals surface area contributed by atoms with Gasteiger partial charge in [-0.3, -0.25) is 4.79 Å². The smallest absolute Gasteiger partial charge is 0.221 e. The zero-order valence-corrected chi connectivity index (χ0v) is 7.80. The van der Waals surface area contributed by atoms with E-state index < -0.39 is 0 Å². The van der Waals surface area contributed by atoms with E-state index in [0.717, 1.165) is 0 Å². The Morgan fingerprint density at radius 2 is 2.33 bits per heavy atom. The Hall–Kier alpha value is -0.610. The van der Waals surface area contributed by atoms with Gasteiger partial charge in [-0.1, -0.05) is 0 Å². The number of carbonyl (C=O) groups is 1. The average molecular weight is 174 g/mol. The second-order valence-electron chi connectivity index (χ2n) is 2.61. The van der Waals surface area contributed by atoms with Crippen molar-refractivity contribution in [1.82, 2.24) is 5.32 Å². The van der Waals surface area contributed by atoms with Crippen LogP contribution in [0.1, 0.15) is 20.3 Å². The first-order valence-electron chi connectivity index (χ1n) is 4.29. The third kappa shape index (κ3) is 6.12. The molecule has 0 fully saturated rings. The highest BCUT2D eigenvalue weighted by Crippen LogP contribution is 1.87. The van der Waals surface area contributed by atoms with Crippen LogP contribution in [0.25, 0.3) is 0 Å². The molecule has 0 rings (SSSR count). The van der Waals surface area contributed by atoms with Gasteiger partial charge in [-0.25, -0.2) is 0 Å². The van der Waals surface area contributed by atoms with Gasteiger partial charge in [0.25, 0.3) is 0 Å². The van der Waals surface area contributed by atoms with Gasteiger partial charge in [-0.15, -0.1) is 0 Å². The highest BCUT2D eigenvalue weighted by Gasteiger charge is 2.03. The lowest BCUT2D eigenvalue weighted by atomic mass is 10.3. The van der Waals surface area contributed by atoms with Gasteiger partial charge >= 0.3 is 0 Å². The molecule has 0 aromatic heterocycles. The lowest BCUT2D eigenvalue weighted by Gasteiger charge is -2.11. The molecule has 0 aliphatic rings. The van der Waals surface area contributed by atoms with Gasteiger partial charge in [0.15, 0.2) is 0 Å². The average Bonchev–Trinajstić information content (AvgIpc) is 2.02. The van der Waals surface area contributed by atoms with E-state index in [4.69, 9.17) is 10.5 Å². The number of carbonyl (C=O) groups excluding carboxylic acids is 1. The van der Waals surface area contributed by atoms with Crippen molar-refractivity contribution in [3.63, 3.8) is 0 Å². The molecule has 72 valence electrons. The molecule has 0 aliphatic heterocycles. The number of nitrogens with one attached hydrogen (secondary N) is 1. The molecular formula is C8H18N2O2. The molecule has 0 heterocycles. The Morgan fingerprint density at radius 1 is 1.67 bits per heavy atom. The van der Waals surface area contributed by atoms with E-state index in [-0.39, 0.29) is 12.0 Å². The monoisotopic (exact) mass is 174 g/mol. The summed E-state index contributed by atoms with van der Waals surface area (Å²) in [5.41, 5.74) is 5.20. The topological polar surface area (TPSA) is 64.3 Å². The first-order valence-corrected chi connectivity index (χ1v) is 4.29. The Kier molecular flexibility index (Phi) is 6.70. The van der Waals surface area contributed by atoms with Crippen LogP contribution < -0.4 is 11.1 Å². The second-order valence-corrected chi connectivity index (χ2v) is 2.61. The Bertz CT molecular complexity index is 128. The molecule has 0 bridgehead atoms. The molecule has 0 saturated heterocycles. The van der Waals surface area contributed by atoms with E-state index in [1.165, 1.54) is 0 Å². The summed E-state index contributed by atoms with van der Waals surface area (Å²) < 4.78 is 5.22. The lowest BCUT2D eigenvalue weighted by Crippen LogP contribution is -2.33. The van der Waals surface area contributed by atoms with E-state index in [9.17, 15) is 4.79 Å². The van der Waals surface area contributed by atoms with Crippen LogP contribution in [0.2, 0.25) is 0 Å². The summed E-state index contributed by atoms with van der Waals surface area (Å²) in [7, 11) is 0. The molecule has 1 unspecified atom stereocenters. The van der Waals surface area contributed by atoms with Crippen molar-refractivity contribution in [3.8, 4) is 0 Å². The molecular weight excluding hydrogens is 156 g/mol. The van der Waals surface area contributed by atoms with Crippen molar-refractivity contribution in [2.24, 2.45) is 5.73 Å². The highest BCUT2D eigenvalue weighted by atomic mass is 16.5. The van der Waals surface area contributed by atoms with Crippen molar-refractivity contribution >= 4 is 5.91 Å². The molecule has 0 spiro atoms. The molecule has 4 heteroatoms. The van der Waals surface area contributed by atoms with Crippen molar-refractivity contribution in [2.75, 3.05) is 19.7 Å². The van der Waals surface area contributed by atoms with Crippen LogP contribution in [-0.4, -0.2) is 31.7 Å². The first kappa shape index (κ1) is 11.4. The van der Waals surface area contributed by atoms with E-state index in [0.29, 0.717) is 26.1 Å². The summed E-state index contributed by atoms with van der Waals surface area (Å²) in [6.45, 7) is 5.49. The summed E-state index contributed by atoms with van der Waals surface area (Å²) in [5, 5.41) is 2.72. The zero-order valence-electron chi connectivity index (χ0n) is 7.80. The van der Waals surface area contributed by atoms with Crippen molar-refractivity contribution in [2.45, 2.75) is 26.4 Å². The maximum Gasteiger partial charge on any atom is 0.221 e. The predicted octanol–water partition coefficient (Wildman–Crippen LogP) is -0.124. The Balaban J connectivity index is 3.33. The lowest BCUT2D eigenvalue weighted by molar-refractivity contribution is -0.121. The second kappa shape index (κ2) is 7.06. The molecule has 0 aromatic carbocycles. The first-order chi connectivity index (χ1) is 5.70. The number of rotatable bonds is 6. The zero-order chi connectivity index (χ0) is 9.40. The molecule has 12 heavy (non-hydrogen) atoms. The fourth-order valence-corrected chi connectivity index (χ4v) is 0.820. The van der Waals surface area contributed by atoms with E-state index in [2.05, 4.69) is 5.32 Å². The molecule has 0 radical (unpaired) electrons. The summed E-state index contributed by atoms with van der Waals surface area (Å²) in [6.07, 6.45) is 0.468. The van der Waals surface area contributed by atoms with E-state index >= 15 is 0 Å². The van der Waals surface area contributed by atoms with Gasteiger partial charge in [0, 0.05) is 26.1 Å². The van der Waals surface area contributed by atoms with Gasteiger partial charge in [0.05, 0.1) is 6.10 Å². The molecule has 4 nitrogen and oxygen atoms in total. The van der Waals surface area contributed by atoms with Crippen LogP contribution in [-0.2, 0) is 9.53 Å². The van der Waals surface area contributed by atoms with Crippen molar-refractivity contribution < 1.29 is 9.53 Å². The summed E-state index contributed by atoms with van der Waals surface area (Å²) in [4.78, 5) is 10.9. The van der Waals surface area contributed by atoms with Crippen LogP contribution in [0.5, 0.6) is 0 Å². The van der Waals surface area contributed by atoms with Gasteiger partial charge < -0.3 is 15.8 Å². The molecule has 1 atom stereocenters. The maximum absolute atomic E-state index is 10.9. The van der Waals surface area contributed by atoms with Gasteiger partial charge in [-0.05, 0) is 13.8 Å². The van der Waals surface area contributed by atoms with Crippen LogP contribution in [0.15, 0.2) is 0 Å². The third-order valence-electron chi connectivity index (χ3n) is 1.41. The highest BCUT2D eigenvalue weighted by molar-refractivity contribution is 5.76. The minimum absolute atomic E-state index is 0.0101. The SMILES string of the molecule is CCOC(C)CNC(=O)CCN. The number of nitrogens with two attached hydrogens (primary N) is 1. The predicted molar refractivity (Wildman–Crippen MR) is 47.8 cm³/mol. The number of hydrogen-bond donors (Lipinski definition) is 2. The van der Waals surface area contributed by atoms with Crippen molar-refractivity contribution in [1.29, 1.82) is 0 Å². The summed E-state index contributed by atoms with van der Waals surface area (Å²) >= 11 is 0. The molecule has 3 N–H and O–H groups in total. The Morgan fingerprint density at radius 3 is 2.83 bits per heavy atom. The van der Waals surface area contributed by atoms with E-state index in [1.807, 2.05) is 13.8 Å². The fraction of sp³-hybridized carbons (Fsp3) is 0.875. The molecule has 1 amide bonds. The number of amides is 1. The minimum atomic E-state index is -0.0101. The quantitative estimate of drug-likeness (QED) is 0.590. The Labute approximate surface area is 73.5 Å². The largest absolute Gasteiger partial charge is 0.377 e. The van der Waals surface area contributed by atoms with Gasteiger partial charge in [0.1, 0.15) is 0 Å². The summed E-state index contributed by atoms with van der Waals surface area (Å²) in [6, 6.07) is 0. The summed E-state index contributed by atoms with van der Waals surface area (Å²) in [5.74, 6) is -0.0101. The minimum Gasteiger partial charge on any atom is -0.377 e. The molecule has 0 aromatic rings. The normalized spacial score (nSPS) is 12.6. The maximum atomic E-state index is 10.9. The third-order valence-corrected chi connectivity index (χ3v) is 1.41. The number of hydrogen-bond acceptors (Lipinski definition) is 3. The number of ether oxygens (including phenoxy) is 1. The molecule has 0 saturated carbocycles. The van der Waals surface area contributed by atoms with Crippen LogP contribution in [0.3, 0.4) is 0 Å².